The monoisotopic (exact) mass is 337 g/mol. The zero-order valence-electron chi connectivity index (χ0n) is 13.1. The summed E-state index contributed by atoms with van der Waals surface area (Å²) in [6.45, 7) is 3.96. The molecule has 0 aliphatic carbocycles. The smallest absolute Gasteiger partial charge is 0.319 e. The van der Waals surface area contributed by atoms with E-state index in [0.717, 1.165) is 26.2 Å². The van der Waals surface area contributed by atoms with Crippen LogP contribution in [-0.4, -0.2) is 20.1 Å². The number of thiophene rings is 1. The number of rotatable bonds is 4. The van der Waals surface area contributed by atoms with Crippen LogP contribution in [0, 0.1) is 6.92 Å². The highest BCUT2D eigenvalue weighted by atomic mass is 35.5. The van der Waals surface area contributed by atoms with Crippen LogP contribution in [0.4, 0.5) is 16.2 Å². The molecule has 6 heteroatoms. The molecule has 4 nitrogen and oxygen atoms in total. The van der Waals surface area contributed by atoms with Gasteiger partial charge in [-0.2, -0.15) is 0 Å². The van der Waals surface area contributed by atoms with Crippen molar-refractivity contribution in [2.45, 2.75) is 19.9 Å². The van der Waals surface area contributed by atoms with Crippen LogP contribution >= 0.6 is 22.9 Å². The average Bonchev–Trinajstić information content (AvgIpc) is 2.85. The van der Waals surface area contributed by atoms with E-state index < -0.39 is 0 Å². The van der Waals surface area contributed by atoms with Gasteiger partial charge < -0.3 is 15.5 Å². The van der Waals surface area contributed by atoms with Gasteiger partial charge in [0.15, 0.2) is 0 Å². The number of nitrogens with one attached hydrogen (secondary N) is 2. The summed E-state index contributed by atoms with van der Waals surface area (Å²) in [4.78, 5) is 15.1. The molecule has 1 unspecified atom stereocenters. The number of anilines is 2. The minimum Gasteiger partial charge on any atom is -0.377 e. The standard InChI is InChI=1S/C16H20ClN3OS/c1-10-9-12(5-6-13(10)20(3)4)19-16(21)18-11(2)14-7-8-15(17)22-14/h5-9,11H,1-4H3,(H2,18,19,21). The fourth-order valence-corrected chi connectivity index (χ4v) is 3.29. The van der Waals surface area contributed by atoms with E-state index in [1.165, 1.54) is 11.3 Å². The van der Waals surface area contributed by atoms with Gasteiger partial charge in [0.25, 0.3) is 0 Å². The lowest BCUT2D eigenvalue weighted by molar-refractivity contribution is 0.249. The number of amides is 2. The molecule has 0 saturated heterocycles. The molecule has 2 N–H and O–H groups in total. The van der Waals surface area contributed by atoms with E-state index >= 15 is 0 Å². The van der Waals surface area contributed by atoms with E-state index in [9.17, 15) is 4.79 Å². The van der Waals surface area contributed by atoms with Crippen molar-refractivity contribution in [1.82, 2.24) is 5.32 Å². The number of nitrogens with zero attached hydrogens (tertiary/aromatic N) is 1. The third-order valence-corrected chi connectivity index (χ3v) is 4.72. The highest BCUT2D eigenvalue weighted by Gasteiger charge is 2.12. The number of urea groups is 1. The van der Waals surface area contributed by atoms with E-state index in [1.807, 2.05) is 63.2 Å². The third-order valence-electron chi connectivity index (χ3n) is 3.30. The van der Waals surface area contributed by atoms with Gasteiger partial charge in [-0.05, 0) is 49.7 Å². The zero-order valence-corrected chi connectivity index (χ0v) is 14.7. The normalized spacial score (nSPS) is 11.9. The first-order valence-electron chi connectivity index (χ1n) is 6.97. The molecule has 0 spiro atoms. The summed E-state index contributed by atoms with van der Waals surface area (Å²) < 4.78 is 0.721. The molecule has 2 aromatic rings. The Kier molecular flexibility index (Phi) is 5.32. The Balaban J connectivity index is 1.98. The number of hydrogen-bond acceptors (Lipinski definition) is 3. The quantitative estimate of drug-likeness (QED) is 0.852. The van der Waals surface area contributed by atoms with Crippen LogP contribution in [0.15, 0.2) is 30.3 Å². The van der Waals surface area contributed by atoms with Gasteiger partial charge >= 0.3 is 6.03 Å². The van der Waals surface area contributed by atoms with Crippen molar-refractivity contribution in [3.63, 3.8) is 0 Å². The zero-order chi connectivity index (χ0) is 16.3. The second kappa shape index (κ2) is 7.03. The van der Waals surface area contributed by atoms with Crippen molar-refractivity contribution >= 4 is 40.3 Å². The Morgan fingerprint density at radius 2 is 2.00 bits per heavy atom. The third kappa shape index (κ3) is 4.15. The van der Waals surface area contributed by atoms with Gasteiger partial charge in [-0.15, -0.1) is 11.3 Å². The van der Waals surface area contributed by atoms with Gasteiger partial charge in [-0.25, -0.2) is 4.79 Å². The Morgan fingerprint density at radius 3 is 2.55 bits per heavy atom. The summed E-state index contributed by atoms with van der Waals surface area (Å²) in [7, 11) is 3.99. The van der Waals surface area contributed by atoms with Gasteiger partial charge in [0, 0.05) is 30.3 Å². The molecule has 2 amide bonds. The lowest BCUT2D eigenvalue weighted by Gasteiger charge is -2.17. The maximum absolute atomic E-state index is 12.1. The van der Waals surface area contributed by atoms with Gasteiger partial charge in [0.2, 0.25) is 0 Å². The average molecular weight is 338 g/mol. The van der Waals surface area contributed by atoms with E-state index in [1.54, 1.807) is 0 Å². The lowest BCUT2D eigenvalue weighted by atomic mass is 10.1. The highest BCUT2D eigenvalue weighted by Crippen LogP contribution is 2.27. The molecule has 0 radical (unpaired) electrons. The van der Waals surface area contributed by atoms with Crippen molar-refractivity contribution < 1.29 is 4.79 Å². The number of carbonyl (C=O) groups is 1. The van der Waals surface area contributed by atoms with Crippen LogP contribution in [-0.2, 0) is 0 Å². The second-order valence-electron chi connectivity index (χ2n) is 5.36. The molecule has 0 saturated carbocycles. The van der Waals surface area contributed by atoms with Crippen molar-refractivity contribution in [3.05, 3.63) is 45.1 Å². The second-order valence-corrected chi connectivity index (χ2v) is 7.10. The van der Waals surface area contributed by atoms with E-state index in [-0.39, 0.29) is 12.1 Å². The first kappa shape index (κ1) is 16.6. The van der Waals surface area contributed by atoms with Crippen molar-refractivity contribution in [2.75, 3.05) is 24.3 Å². The fraction of sp³-hybridized carbons (Fsp3) is 0.312. The Labute approximate surface area is 140 Å². The first-order chi connectivity index (χ1) is 10.4. The Bertz CT molecular complexity index is 669. The minimum atomic E-state index is -0.228. The SMILES string of the molecule is Cc1cc(NC(=O)NC(C)c2ccc(Cl)s2)ccc1N(C)C. The maximum atomic E-state index is 12.1. The molecule has 0 bridgehead atoms. The fourth-order valence-electron chi connectivity index (χ4n) is 2.23. The molecule has 22 heavy (non-hydrogen) atoms. The van der Waals surface area contributed by atoms with Crippen molar-refractivity contribution in [2.24, 2.45) is 0 Å². The summed E-state index contributed by atoms with van der Waals surface area (Å²) in [6, 6.07) is 9.30. The van der Waals surface area contributed by atoms with Gasteiger partial charge in [-0.1, -0.05) is 11.6 Å². The van der Waals surface area contributed by atoms with Crippen LogP contribution in [0.2, 0.25) is 4.34 Å². The first-order valence-corrected chi connectivity index (χ1v) is 8.17. The highest BCUT2D eigenvalue weighted by molar-refractivity contribution is 7.16. The lowest BCUT2D eigenvalue weighted by Crippen LogP contribution is -2.30. The van der Waals surface area contributed by atoms with Crippen molar-refractivity contribution in [1.29, 1.82) is 0 Å². The topological polar surface area (TPSA) is 44.4 Å². The summed E-state index contributed by atoms with van der Waals surface area (Å²) in [5.41, 5.74) is 3.02. The molecule has 118 valence electrons. The number of hydrogen-bond donors (Lipinski definition) is 2. The molecule has 1 aromatic heterocycles. The molecule has 1 aromatic carbocycles. The summed E-state index contributed by atoms with van der Waals surface area (Å²) in [6.07, 6.45) is 0. The minimum absolute atomic E-state index is 0.0837. The molecule has 0 aliphatic heterocycles. The number of halogens is 1. The molecule has 1 heterocycles. The van der Waals surface area contributed by atoms with E-state index in [4.69, 9.17) is 11.6 Å². The number of benzene rings is 1. The molecule has 1 atom stereocenters. The van der Waals surface area contributed by atoms with Crippen LogP contribution in [0.25, 0.3) is 0 Å². The maximum Gasteiger partial charge on any atom is 0.319 e. The van der Waals surface area contributed by atoms with Gasteiger partial charge in [0.05, 0.1) is 10.4 Å². The van der Waals surface area contributed by atoms with Gasteiger partial charge in [0.1, 0.15) is 0 Å². The predicted octanol–water partition coefficient (Wildman–Crippen LogP) is 4.66. The number of carbonyl (C=O) groups excluding carboxylic acids is 1. The largest absolute Gasteiger partial charge is 0.377 e. The molecule has 2 rings (SSSR count). The van der Waals surface area contributed by atoms with Crippen molar-refractivity contribution in [3.8, 4) is 0 Å². The molecular formula is C16H20ClN3OS. The van der Waals surface area contributed by atoms with E-state index in [2.05, 4.69) is 10.6 Å². The predicted molar refractivity (Wildman–Crippen MR) is 95.4 cm³/mol. The summed E-state index contributed by atoms with van der Waals surface area (Å²) >= 11 is 7.38. The molecule has 0 fully saturated rings. The molecule has 0 aliphatic rings. The van der Waals surface area contributed by atoms with Gasteiger partial charge in [-0.3, -0.25) is 0 Å². The van der Waals surface area contributed by atoms with Crippen LogP contribution in [0.3, 0.4) is 0 Å². The summed E-state index contributed by atoms with van der Waals surface area (Å²) in [5, 5.41) is 5.77. The van der Waals surface area contributed by atoms with E-state index in [0.29, 0.717) is 0 Å². The summed E-state index contributed by atoms with van der Waals surface area (Å²) in [5.74, 6) is 0. The Hall–Kier alpha value is -1.72. The molecular weight excluding hydrogens is 318 g/mol. The van der Waals surface area contributed by atoms with Crippen LogP contribution in [0.1, 0.15) is 23.4 Å². The number of aryl methyl sites for hydroxylation is 1. The van der Waals surface area contributed by atoms with Crippen LogP contribution in [0.5, 0.6) is 0 Å². The Morgan fingerprint density at radius 1 is 1.27 bits per heavy atom. The van der Waals surface area contributed by atoms with Crippen LogP contribution < -0.4 is 15.5 Å².